The molecule has 150 valence electrons. The van der Waals surface area contributed by atoms with Crippen LogP contribution in [0.25, 0.3) is 0 Å². The average Bonchev–Trinajstić information content (AvgIpc) is 3.26. The minimum Gasteiger partial charge on any atom is -0.464 e. The molecule has 1 aromatic heterocycles. The van der Waals surface area contributed by atoms with Crippen LogP contribution in [-0.2, 0) is 9.53 Å². The van der Waals surface area contributed by atoms with E-state index in [1.54, 1.807) is 30.3 Å². The van der Waals surface area contributed by atoms with Crippen LogP contribution < -0.4 is 5.32 Å². The molecule has 0 amide bonds. The largest absolute Gasteiger partial charge is 0.464 e. The van der Waals surface area contributed by atoms with Crippen molar-refractivity contribution >= 4 is 23.4 Å². The number of hydrogen-bond donors (Lipinski definition) is 1. The third-order valence-electron chi connectivity index (χ3n) is 4.61. The highest BCUT2D eigenvalue weighted by Gasteiger charge is 2.38. The van der Waals surface area contributed by atoms with Crippen molar-refractivity contribution < 1.29 is 19.2 Å². The molecule has 0 aliphatic carbocycles. The molecule has 0 radical (unpaired) electrons. The van der Waals surface area contributed by atoms with Crippen LogP contribution in [-0.4, -0.2) is 44.0 Å². The van der Waals surface area contributed by atoms with Crippen LogP contribution in [0, 0.1) is 10.1 Å². The second kappa shape index (κ2) is 7.54. The number of hydrogen-bond acceptors (Lipinski definition) is 9. The van der Waals surface area contributed by atoms with E-state index in [0.717, 1.165) is 0 Å². The number of allylic oxidation sites excluding steroid dienone is 1. The third kappa shape index (κ3) is 3.17. The number of carbonyl (C=O) groups is 2. The zero-order valence-corrected chi connectivity index (χ0v) is 15.6. The summed E-state index contributed by atoms with van der Waals surface area (Å²) in [5, 5.41) is 25.2. The number of nitrogens with zero attached hydrogens (tertiary/aromatic N) is 5. The molecular formula is C19H14N6O5. The van der Waals surface area contributed by atoms with Gasteiger partial charge in [0.2, 0.25) is 5.95 Å². The maximum absolute atomic E-state index is 13.4. The van der Waals surface area contributed by atoms with E-state index in [1.165, 1.54) is 36.1 Å². The van der Waals surface area contributed by atoms with Gasteiger partial charge in [0.15, 0.2) is 5.78 Å². The van der Waals surface area contributed by atoms with Gasteiger partial charge in [0, 0.05) is 17.7 Å². The molecule has 0 bridgehead atoms. The van der Waals surface area contributed by atoms with Gasteiger partial charge in [0.25, 0.3) is 5.69 Å². The number of rotatable bonds is 5. The van der Waals surface area contributed by atoms with E-state index < -0.39 is 22.7 Å². The Morgan fingerprint density at radius 3 is 2.47 bits per heavy atom. The summed E-state index contributed by atoms with van der Waals surface area (Å²) in [6.07, 6.45) is 0. The molecule has 0 fully saturated rings. The highest BCUT2D eigenvalue weighted by Crippen LogP contribution is 2.37. The molecule has 3 aromatic rings. The normalized spacial score (nSPS) is 15.2. The Kier molecular flexibility index (Phi) is 4.76. The highest BCUT2D eigenvalue weighted by molar-refractivity contribution is 6.14. The molecule has 0 spiro atoms. The Labute approximate surface area is 169 Å². The smallest absolute Gasteiger partial charge is 0.355 e. The summed E-state index contributed by atoms with van der Waals surface area (Å²) in [5.41, 5.74) is 0.673. The number of methoxy groups -OCH3 is 1. The summed E-state index contributed by atoms with van der Waals surface area (Å²) in [4.78, 5) is 36.4. The van der Waals surface area contributed by atoms with Gasteiger partial charge in [-0.05, 0) is 28.1 Å². The van der Waals surface area contributed by atoms with Crippen LogP contribution >= 0.6 is 0 Å². The van der Waals surface area contributed by atoms with Gasteiger partial charge < -0.3 is 10.1 Å². The molecule has 0 unspecified atom stereocenters. The van der Waals surface area contributed by atoms with Gasteiger partial charge in [0.05, 0.1) is 17.6 Å². The van der Waals surface area contributed by atoms with Crippen molar-refractivity contribution in [1.82, 2.24) is 20.2 Å². The number of nitro benzene ring substituents is 1. The summed E-state index contributed by atoms with van der Waals surface area (Å²) >= 11 is 0. The fourth-order valence-electron chi connectivity index (χ4n) is 3.22. The minimum atomic E-state index is -0.904. The van der Waals surface area contributed by atoms with E-state index in [-0.39, 0.29) is 22.9 Å². The van der Waals surface area contributed by atoms with Gasteiger partial charge in [-0.15, -0.1) is 0 Å². The first-order chi connectivity index (χ1) is 14.5. The number of non-ortho nitro benzene ring substituents is 1. The number of nitro groups is 1. The number of Topliss-reactive ketones (excluding diaryl/α,β-unsaturated/α-hetero) is 1. The number of benzene rings is 2. The Morgan fingerprint density at radius 2 is 1.83 bits per heavy atom. The fourth-order valence-corrected chi connectivity index (χ4v) is 3.22. The number of anilines is 1. The van der Waals surface area contributed by atoms with E-state index in [4.69, 9.17) is 4.74 Å². The van der Waals surface area contributed by atoms with Gasteiger partial charge >= 0.3 is 5.97 Å². The standard InChI is InChI=1S/C19H14N6O5/c1-30-18(27)15-14(17(26)12-5-3-2-4-6-12)16(24-19(20-15)21-22-23-24)11-7-9-13(10-8-11)25(28)29/h2-10,16H,1H3,(H,20,21,23)/t16-/m1/s1. The summed E-state index contributed by atoms with van der Waals surface area (Å²) in [5.74, 6) is -1.08. The lowest BCUT2D eigenvalue weighted by Gasteiger charge is -2.28. The molecule has 2 aromatic carbocycles. The van der Waals surface area contributed by atoms with Gasteiger partial charge in [0.1, 0.15) is 11.7 Å². The number of fused-ring (bicyclic) bond motifs is 1. The molecule has 1 N–H and O–H groups in total. The van der Waals surface area contributed by atoms with Gasteiger partial charge in [-0.2, -0.15) is 4.68 Å². The van der Waals surface area contributed by atoms with Crippen LogP contribution in [0.3, 0.4) is 0 Å². The van der Waals surface area contributed by atoms with Crippen molar-refractivity contribution in [2.24, 2.45) is 0 Å². The maximum atomic E-state index is 13.4. The number of nitrogens with one attached hydrogen (secondary N) is 1. The van der Waals surface area contributed by atoms with E-state index in [2.05, 4.69) is 20.8 Å². The lowest BCUT2D eigenvalue weighted by molar-refractivity contribution is -0.384. The molecule has 0 saturated carbocycles. The molecule has 1 aliphatic heterocycles. The number of tetrazole rings is 1. The van der Waals surface area contributed by atoms with Crippen molar-refractivity contribution in [3.63, 3.8) is 0 Å². The van der Waals surface area contributed by atoms with E-state index in [1.807, 2.05) is 0 Å². The van der Waals surface area contributed by atoms with Crippen molar-refractivity contribution in [3.05, 3.63) is 87.1 Å². The molecule has 1 atom stereocenters. The first-order valence-electron chi connectivity index (χ1n) is 8.72. The average molecular weight is 406 g/mol. The topological polar surface area (TPSA) is 142 Å². The molecule has 4 rings (SSSR count). The Bertz CT molecular complexity index is 1170. The minimum absolute atomic E-state index is 0.0571. The van der Waals surface area contributed by atoms with Crippen LogP contribution in [0.5, 0.6) is 0 Å². The highest BCUT2D eigenvalue weighted by atomic mass is 16.6. The zero-order valence-electron chi connectivity index (χ0n) is 15.6. The Hall–Kier alpha value is -4.41. The SMILES string of the molecule is COC(=O)C1=C(C(=O)c2ccccc2)[C@@H](c2ccc([N+](=O)[O-])cc2)n2nnnc2N1. The van der Waals surface area contributed by atoms with Crippen LogP contribution in [0.15, 0.2) is 65.9 Å². The van der Waals surface area contributed by atoms with Gasteiger partial charge in [-0.3, -0.25) is 14.9 Å². The summed E-state index contributed by atoms with van der Waals surface area (Å²) < 4.78 is 6.19. The van der Waals surface area contributed by atoms with Gasteiger partial charge in [-0.25, -0.2) is 4.79 Å². The monoisotopic (exact) mass is 406 g/mol. The number of esters is 1. The molecule has 1 aliphatic rings. The molecule has 11 nitrogen and oxygen atoms in total. The van der Waals surface area contributed by atoms with Crippen LogP contribution in [0.2, 0.25) is 0 Å². The Morgan fingerprint density at radius 1 is 1.13 bits per heavy atom. The molecule has 11 heteroatoms. The number of ether oxygens (including phenoxy) is 1. The number of ketones is 1. The maximum Gasteiger partial charge on any atom is 0.355 e. The number of aromatic nitrogens is 4. The second-order valence-electron chi connectivity index (χ2n) is 6.30. The second-order valence-corrected chi connectivity index (χ2v) is 6.30. The molecule has 30 heavy (non-hydrogen) atoms. The summed E-state index contributed by atoms with van der Waals surface area (Å²) in [6.45, 7) is 0. The fraction of sp³-hybridized carbons (Fsp3) is 0.105. The van der Waals surface area contributed by atoms with E-state index in [0.29, 0.717) is 11.1 Å². The molecular weight excluding hydrogens is 392 g/mol. The first kappa shape index (κ1) is 18.9. The molecule has 0 saturated heterocycles. The molecule has 2 heterocycles. The lowest BCUT2D eigenvalue weighted by Crippen LogP contribution is -2.32. The quantitative estimate of drug-likeness (QED) is 0.291. The predicted molar refractivity (Wildman–Crippen MR) is 102 cm³/mol. The summed E-state index contributed by atoms with van der Waals surface area (Å²) in [7, 11) is 1.19. The van der Waals surface area contributed by atoms with Crippen molar-refractivity contribution in [2.45, 2.75) is 6.04 Å². The lowest BCUT2D eigenvalue weighted by atomic mass is 9.89. The van der Waals surface area contributed by atoms with Crippen molar-refractivity contribution in [1.29, 1.82) is 0 Å². The van der Waals surface area contributed by atoms with Crippen LogP contribution in [0.1, 0.15) is 22.0 Å². The van der Waals surface area contributed by atoms with E-state index >= 15 is 0 Å². The Balaban J connectivity index is 1.93. The third-order valence-corrected chi connectivity index (χ3v) is 4.61. The zero-order chi connectivity index (χ0) is 21.3. The number of carbonyl (C=O) groups excluding carboxylic acids is 2. The first-order valence-corrected chi connectivity index (χ1v) is 8.72. The van der Waals surface area contributed by atoms with E-state index in [9.17, 15) is 19.7 Å². The predicted octanol–water partition coefficient (Wildman–Crippen LogP) is 1.91. The van der Waals surface area contributed by atoms with Crippen molar-refractivity contribution in [2.75, 3.05) is 12.4 Å². The van der Waals surface area contributed by atoms with Crippen molar-refractivity contribution in [3.8, 4) is 0 Å². The van der Waals surface area contributed by atoms with Crippen LogP contribution in [0.4, 0.5) is 11.6 Å². The van der Waals surface area contributed by atoms with Gasteiger partial charge in [-0.1, -0.05) is 35.4 Å². The summed E-state index contributed by atoms with van der Waals surface area (Å²) in [6, 6.07) is 13.1.